The van der Waals surface area contributed by atoms with E-state index in [2.05, 4.69) is 20.2 Å². The fraction of sp³-hybridized carbons (Fsp3) is 0.342. The van der Waals surface area contributed by atoms with Gasteiger partial charge >= 0.3 is 0 Å². The zero-order chi connectivity index (χ0) is 34.9. The van der Waals surface area contributed by atoms with Gasteiger partial charge < -0.3 is 34.1 Å². The Balaban J connectivity index is 1.25. The summed E-state index contributed by atoms with van der Waals surface area (Å²) in [7, 11) is 1.58. The number of amides is 3. The monoisotopic (exact) mass is 677 g/mol. The number of imidazole rings is 2. The minimum atomic E-state index is -0.833. The molecule has 2 N–H and O–H groups in total. The van der Waals surface area contributed by atoms with Crippen LogP contribution in [0.25, 0.3) is 22.4 Å². The fourth-order valence-corrected chi connectivity index (χ4v) is 6.31. The quantitative estimate of drug-likeness (QED) is 0.266. The van der Waals surface area contributed by atoms with Crippen molar-refractivity contribution in [2.45, 2.75) is 51.7 Å². The van der Waals surface area contributed by atoms with Gasteiger partial charge in [-0.25, -0.2) is 9.97 Å². The molecule has 3 amide bonds. The molecule has 3 heterocycles. The van der Waals surface area contributed by atoms with Gasteiger partial charge in [-0.05, 0) is 42.3 Å². The lowest BCUT2D eigenvalue weighted by atomic mass is 10.1. The molecule has 260 valence electrons. The van der Waals surface area contributed by atoms with E-state index in [-0.39, 0.29) is 37.9 Å². The third kappa shape index (κ3) is 8.13. The maximum Gasteiger partial charge on any atom is 0.242 e. The van der Waals surface area contributed by atoms with Crippen LogP contribution in [0.1, 0.15) is 31.2 Å². The molecule has 5 aromatic rings. The minimum Gasteiger partial charge on any atom is -0.493 e. The second kappa shape index (κ2) is 16.2. The standard InChI is InChI=1S/C38H43N7O5/c1-3-34-41-29-12-7-8-13-31(29)45(34)20-16-36(47)44-19-9-23-50-33-25-28(14-15-32(33)49-2)37-39-17-21-43(37)22-18-40-38(48)30(42-35(46)26-44)24-27-10-5-4-6-11-27/h4-8,10-15,17,21,25,30H,3,9,16,18-20,22-24,26H2,1-2H3,(H,40,48)(H,42,46)/t30-/m0/s1. The molecule has 1 aliphatic rings. The van der Waals surface area contributed by atoms with E-state index in [9.17, 15) is 14.4 Å². The number of hydrogen-bond acceptors (Lipinski definition) is 7. The van der Waals surface area contributed by atoms with E-state index >= 15 is 0 Å². The van der Waals surface area contributed by atoms with E-state index in [1.165, 1.54) is 0 Å². The van der Waals surface area contributed by atoms with Crippen molar-refractivity contribution in [2.24, 2.45) is 0 Å². The number of ether oxygens (including phenoxy) is 2. The molecular formula is C38H43N7O5. The highest BCUT2D eigenvalue weighted by molar-refractivity contribution is 5.90. The van der Waals surface area contributed by atoms with E-state index in [0.717, 1.165) is 40.2 Å². The summed E-state index contributed by atoms with van der Waals surface area (Å²) in [6.07, 6.45) is 5.24. The van der Waals surface area contributed by atoms with Gasteiger partial charge in [0, 0.05) is 63.4 Å². The van der Waals surface area contributed by atoms with Gasteiger partial charge in [-0.2, -0.15) is 0 Å². The van der Waals surface area contributed by atoms with Crippen LogP contribution in [0.3, 0.4) is 0 Å². The Kier molecular flexibility index (Phi) is 11.1. The van der Waals surface area contributed by atoms with Crippen LogP contribution >= 0.6 is 0 Å². The number of carbonyl (C=O) groups is 3. The Bertz CT molecular complexity index is 1940. The first-order chi connectivity index (χ1) is 24.4. The average Bonchev–Trinajstić information content (AvgIpc) is 3.76. The Morgan fingerprint density at radius 1 is 1.04 bits per heavy atom. The summed E-state index contributed by atoms with van der Waals surface area (Å²) < 4.78 is 15.8. The number of aryl methyl sites for hydroxylation is 2. The van der Waals surface area contributed by atoms with Gasteiger partial charge in [0.15, 0.2) is 11.5 Å². The van der Waals surface area contributed by atoms with E-state index in [4.69, 9.17) is 14.5 Å². The van der Waals surface area contributed by atoms with Crippen LogP contribution in [0, 0.1) is 0 Å². The van der Waals surface area contributed by atoms with Crippen LogP contribution in [-0.4, -0.2) is 81.1 Å². The number of methoxy groups -OCH3 is 1. The van der Waals surface area contributed by atoms with Crippen LogP contribution < -0.4 is 20.1 Å². The van der Waals surface area contributed by atoms with Crippen molar-refractivity contribution in [1.82, 2.24) is 34.6 Å². The highest BCUT2D eigenvalue weighted by Gasteiger charge is 2.25. The summed E-state index contributed by atoms with van der Waals surface area (Å²) in [5.41, 5.74) is 3.60. The summed E-state index contributed by atoms with van der Waals surface area (Å²) in [6.45, 7) is 3.61. The van der Waals surface area contributed by atoms with Crippen LogP contribution in [0.5, 0.6) is 11.5 Å². The molecule has 0 radical (unpaired) electrons. The number of hydrogen-bond donors (Lipinski definition) is 2. The van der Waals surface area contributed by atoms with E-state index in [1.807, 2.05) is 90.5 Å². The molecule has 12 heteroatoms. The van der Waals surface area contributed by atoms with Crippen molar-refractivity contribution in [2.75, 3.05) is 33.4 Å². The first kappa shape index (κ1) is 34.2. The summed E-state index contributed by atoms with van der Waals surface area (Å²) in [6, 6.07) is 22.2. The van der Waals surface area contributed by atoms with Gasteiger partial charge in [-0.3, -0.25) is 14.4 Å². The Hall–Kier alpha value is -5.65. The van der Waals surface area contributed by atoms with Gasteiger partial charge in [-0.1, -0.05) is 49.4 Å². The molecule has 0 fully saturated rings. The van der Waals surface area contributed by atoms with Crippen molar-refractivity contribution < 1.29 is 23.9 Å². The maximum atomic E-state index is 13.8. The number of aromatic nitrogens is 4. The fourth-order valence-electron chi connectivity index (χ4n) is 6.31. The number of nitrogens with zero attached hydrogens (tertiary/aromatic N) is 5. The van der Waals surface area contributed by atoms with Crippen molar-refractivity contribution in [3.05, 3.63) is 96.6 Å². The highest BCUT2D eigenvalue weighted by Crippen LogP contribution is 2.32. The summed E-state index contributed by atoms with van der Waals surface area (Å²) in [5.74, 6) is 1.85. The molecule has 0 saturated carbocycles. The lowest BCUT2D eigenvalue weighted by Crippen LogP contribution is -2.51. The van der Waals surface area contributed by atoms with Gasteiger partial charge in [0.25, 0.3) is 0 Å². The predicted molar refractivity (Wildman–Crippen MR) is 190 cm³/mol. The molecule has 50 heavy (non-hydrogen) atoms. The molecule has 1 aliphatic heterocycles. The zero-order valence-corrected chi connectivity index (χ0v) is 28.5. The highest BCUT2D eigenvalue weighted by atomic mass is 16.5. The normalized spacial score (nSPS) is 16.0. The molecule has 0 unspecified atom stereocenters. The molecular weight excluding hydrogens is 634 g/mol. The van der Waals surface area contributed by atoms with Crippen molar-refractivity contribution >= 4 is 28.8 Å². The maximum absolute atomic E-state index is 13.8. The number of para-hydroxylation sites is 2. The number of rotatable bonds is 7. The van der Waals surface area contributed by atoms with Gasteiger partial charge in [0.2, 0.25) is 17.7 Å². The summed E-state index contributed by atoms with van der Waals surface area (Å²) in [4.78, 5) is 51.9. The topological polar surface area (TPSA) is 133 Å². The molecule has 0 spiro atoms. The number of fused-ring (bicyclic) bond motifs is 5. The second-order valence-corrected chi connectivity index (χ2v) is 12.2. The van der Waals surface area contributed by atoms with E-state index in [0.29, 0.717) is 44.0 Å². The molecule has 3 aromatic carbocycles. The van der Waals surface area contributed by atoms with Crippen LogP contribution in [0.4, 0.5) is 0 Å². The Morgan fingerprint density at radius 2 is 1.86 bits per heavy atom. The lowest BCUT2D eigenvalue weighted by Gasteiger charge is -2.25. The van der Waals surface area contributed by atoms with Crippen LogP contribution in [0.15, 0.2) is 85.2 Å². The second-order valence-electron chi connectivity index (χ2n) is 12.2. The summed E-state index contributed by atoms with van der Waals surface area (Å²) in [5, 5.41) is 5.92. The molecule has 6 rings (SSSR count). The first-order valence-corrected chi connectivity index (χ1v) is 17.1. The first-order valence-electron chi connectivity index (χ1n) is 17.1. The smallest absolute Gasteiger partial charge is 0.242 e. The zero-order valence-electron chi connectivity index (χ0n) is 28.5. The molecule has 1 atom stereocenters. The van der Waals surface area contributed by atoms with Gasteiger partial charge in [0.05, 0.1) is 31.3 Å². The van der Waals surface area contributed by atoms with E-state index < -0.39 is 11.9 Å². The van der Waals surface area contributed by atoms with E-state index in [1.54, 1.807) is 18.2 Å². The minimum absolute atomic E-state index is 0.176. The number of carbonyl (C=O) groups excluding carboxylic acids is 3. The average molecular weight is 678 g/mol. The number of benzene rings is 3. The third-order valence-corrected chi connectivity index (χ3v) is 8.84. The SMILES string of the molecule is CCc1nc2ccccc2n1CCC(=O)N1CCCOc2cc(ccc2OC)-c2nccn2CCNC(=O)[C@H](Cc2ccccc2)NC(=O)C1. The summed E-state index contributed by atoms with van der Waals surface area (Å²) >= 11 is 0. The van der Waals surface area contributed by atoms with Gasteiger partial charge in [-0.15, -0.1) is 0 Å². The predicted octanol–water partition coefficient (Wildman–Crippen LogP) is 4.02. The third-order valence-electron chi connectivity index (χ3n) is 8.84. The Labute approximate surface area is 291 Å². The molecule has 0 saturated heterocycles. The number of nitrogens with one attached hydrogen (secondary N) is 2. The van der Waals surface area contributed by atoms with Crippen LogP contribution in [-0.2, 0) is 40.3 Å². The lowest BCUT2D eigenvalue weighted by molar-refractivity contribution is -0.137. The molecule has 2 aromatic heterocycles. The Morgan fingerprint density at radius 3 is 2.68 bits per heavy atom. The van der Waals surface area contributed by atoms with Crippen LogP contribution in [0.2, 0.25) is 0 Å². The van der Waals surface area contributed by atoms with Gasteiger partial charge in [0.1, 0.15) is 17.7 Å². The molecule has 0 aliphatic carbocycles. The van der Waals surface area contributed by atoms with Crippen molar-refractivity contribution in [3.8, 4) is 22.9 Å². The van der Waals surface area contributed by atoms with Crippen molar-refractivity contribution in [3.63, 3.8) is 0 Å². The largest absolute Gasteiger partial charge is 0.493 e. The molecule has 2 bridgehead atoms. The van der Waals surface area contributed by atoms with Crippen molar-refractivity contribution in [1.29, 1.82) is 0 Å². The molecule has 12 nitrogen and oxygen atoms in total.